The molecule has 158 valence electrons. The van der Waals surface area contributed by atoms with E-state index >= 15 is 0 Å². The van der Waals surface area contributed by atoms with Crippen molar-refractivity contribution in [2.75, 3.05) is 31.7 Å². The van der Waals surface area contributed by atoms with Crippen LogP contribution in [-0.2, 0) is 23.2 Å². The van der Waals surface area contributed by atoms with Crippen LogP contribution in [0.1, 0.15) is 34.6 Å². The normalized spacial score (nSPS) is 12.9. The van der Waals surface area contributed by atoms with Gasteiger partial charge in [-0.25, -0.2) is 4.79 Å². The lowest BCUT2D eigenvalue weighted by molar-refractivity contribution is -0.140. The maximum atomic E-state index is 12.8. The van der Waals surface area contributed by atoms with Crippen molar-refractivity contribution in [3.63, 3.8) is 0 Å². The van der Waals surface area contributed by atoms with Crippen LogP contribution >= 0.6 is 31.6 Å². The largest absolute Gasteiger partial charge is 0.480 e. The third-order valence-corrected chi connectivity index (χ3v) is 6.18. The van der Waals surface area contributed by atoms with Crippen LogP contribution in [0.25, 0.3) is 0 Å². The smallest absolute Gasteiger partial charge is 0.332 e. The van der Waals surface area contributed by atoms with E-state index in [1.165, 1.54) is 6.92 Å². The maximum absolute atomic E-state index is 12.8. The van der Waals surface area contributed by atoms with E-state index in [4.69, 9.17) is 26.4 Å². The molecule has 27 heavy (non-hydrogen) atoms. The minimum Gasteiger partial charge on any atom is -0.480 e. The van der Waals surface area contributed by atoms with Crippen LogP contribution < -0.4 is 10.6 Å². The van der Waals surface area contributed by atoms with E-state index in [9.17, 15) is 14.2 Å². The van der Waals surface area contributed by atoms with Crippen LogP contribution in [-0.4, -0.2) is 59.0 Å². The Labute approximate surface area is 171 Å². The van der Waals surface area contributed by atoms with Gasteiger partial charge in [0.25, 0.3) is 0 Å². The van der Waals surface area contributed by atoms with Gasteiger partial charge in [0.2, 0.25) is 5.91 Å². The van der Waals surface area contributed by atoms with Gasteiger partial charge < -0.3 is 24.8 Å². The molecule has 0 aromatic heterocycles. The summed E-state index contributed by atoms with van der Waals surface area (Å²) in [5.74, 6) is -1.01. The summed E-state index contributed by atoms with van der Waals surface area (Å²) in [5, 5.41) is 14.3. The van der Waals surface area contributed by atoms with Crippen LogP contribution in [0.2, 0.25) is 0 Å². The van der Waals surface area contributed by atoms with Crippen LogP contribution in [0, 0.1) is 11.8 Å². The highest BCUT2D eigenvalue weighted by Gasteiger charge is 2.25. The lowest BCUT2D eigenvalue weighted by Crippen LogP contribution is -2.42. The highest BCUT2D eigenvalue weighted by molar-refractivity contribution is 8.23. The number of rotatable bonds is 13. The fourth-order valence-electron chi connectivity index (χ4n) is 1.62. The van der Waals surface area contributed by atoms with Gasteiger partial charge in [-0.15, -0.1) is 0 Å². The summed E-state index contributed by atoms with van der Waals surface area (Å²) >= 11 is 6.24. The third kappa shape index (κ3) is 14.0. The second-order valence-electron chi connectivity index (χ2n) is 6.83. The average Bonchev–Trinajstić information content (AvgIpc) is 2.54. The highest BCUT2D eigenvalue weighted by Crippen LogP contribution is 2.48. The fourth-order valence-corrected chi connectivity index (χ4v) is 4.44. The predicted octanol–water partition coefficient (Wildman–Crippen LogP) is 2.72. The Morgan fingerprint density at radius 1 is 1.15 bits per heavy atom. The highest BCUT2D eigenvalue weighted by atomic mass is 32.2. The SMILES string of the molecule is CC(=O)N[C@@H](CSC(=S)NCCP(=O)(OCC(C)C)OCC(C)C)C(=O)O. The number of thioether (sulfide) groups is 1. The van der Waals surface area contributed by atoms with Crippen LogP contribution in [0.4, 0.5) is 0 Å². The van der Waals surface area contributed by atoms with Crippen molar-refractivity contribution in [2.45, 2.75) is 40.7 Å². The Hall–Kier alpha value is -0.670. The van der Waals surface area contributed by atoms with E-state index in [2.05, 4.69) is 10.6 Å². The first-order chi connectivity index (χ1) is 12.4. The Morgan fingerprint density at radius 3 is 2.07 bits per heavy atom. The topological polar surface area (TPSA) is 114 Å². The number of nitrogens with one attached hydrogen (secondary N) is 2. The number of hydrogen-bond donors (Lipinski definition) is 3. The van der Waals surface area contributed by atoms with Crippen molar-refractivity contribution in [1.29, 1.82) is 0 Å². The van der Waals surface area contributed by atoms with Crippen molar-refractivity contribution in [3.8, 4) is 0 Å². The predicted molar refractivity (Wildman–Crippen MR) is 112 cm³/mol. The van der Waals surface area contributed by atoms with Crippen LogP contribution in [0.3, 0.4) is 0 Å². The zero-order valence-corrected chi connectivity index (χ0v) is 19.0. The molecule has 0 aromatic rings. The number of carboxylic acid groups (broad SMARTS) is 1. The van der Waals surface area contributed by atoms with Gasteiger partial charge in [0.15, 0.2) is 0 Å². The van der Waals surface area contributed by atoms with Crippen molar-refractivity contribution in [1.82, 2.24) is 10.6 Å². The number of amides is 1. The van der Waals surface area contributed by atoms with Gasteiger partial charge in [-0.3, -0.25) is 9.36 Å². The number of thiocarbonyl (C=S) groups is 1. The second kappa shape index (κ2) is 13.5. The molecule has 0 spiro atoms. The minimum atomic E-state index is -3.24. The Morgan fingerprint density at radius 2 is 1.67 bits per heavy atom. The van der Waals surface area contributed by atoms with Crippen molar-refractivity contribution < 1.29 is 28.3 Å². The molecule has 0 rings (SSSR count). The van der Waals surface area contributed by atoms with Crippen molar-refractivity contribution in [2.24, 2.45) is 11.8 Å². The van der Waals surface area contributed by atoms with Gasteiger partial charge in [0.1, 0.15) is 10.4 Å². The lowest BCUT2D eigenvalue weighted by Gasteiger charge is -2.21. The monoisotopic (exact) mass is 442 g/mol. The molecular weight excluding hydrogens is 411 g/mol. The zero-order valence-electron chi connectivity index (χ0n) is 16.5. The first-order valence-corrected chi connectivity index (χ1v) is 11.9. The van der Waals surface area contributed by atoms with Crippen molar-refractivity contribution in [3.05, 3.63) is 0 Å². The van der Waals surface area contributed by atoms with Gasteiger partial charge in [0, 0.05) is 19.2 Å². The molecule has 0 aliphatic heterocycles. The van der Waals surface area contributed by atoms with Crippen molar-refractivity contribution >= 4 is 47.8 Å². The quantitative estimate of drug-likeness (QED) is 0.293. The van der Waals surface area contributed by atoms with Gasteiger partial charge in [-0.05, 0) is 11.8 Å². The van der Waals surface area contributed by atoms with Crippen LogP contribution in [0.5, 0.6) is 0 Å². The van der Waals surface area contributed by atoms with E-state index in [-0.39, 0.29) is 30.3 Å². The van der Waals surface area contributed by atoms with Crippen LogP contribution in [0.15, 0.2) is 0 Å². The maximum Gasteiger partial charge on any atom is 0.332 e. The Balaban J connectivity index is 4.46. The molecule has 0 radical (unpaired) electrons. The molecule has 0 heterocycles. The molecule has 1 atom stereocenters. The summed E-state index contributed by atoms with van der Waals surface area (Å²) in [4.78, 5) is 22.1. The average molecular weight is 443 g/mol. The second-order valence-corrected chi connectivity index (χ2v) is 10.7. The summed E-state index contributed by atoms with van der Waals surface area (Å²) < 4.78 is 24.2. The molecule has 0 saturated carbocycles. The molecule has 11 heteroatoms. The Bertz CT molecular complexity index is 529. The number of carbonyl (C=O) groups excluding carboxylic acids is 1. The summed E-state index contributed by atoms with van der Waals surface area (Å²) in [6.07, 6.45) is 0.154. The van der Waals surface area contributed by atoms with E-state index < -0.39 is 25.5 Å². The summed E-state index contributed by atoms with van der Waals surface area (Å²) in [5.41, 5.74) is 0. The molecule has 0 unspecified atom stereocenters. The molecular formula is C16H31N2O6PS2. The lowest BCUT2D eigenvalue weighted by atomic mass is 10.2. The first kappa shape index (κ1) is 26.3. The summed E-state index contributed by atoms with van der Waals surface area (Å²) in [6, 6.07) is -1.03. The fraction of sp³-hybridized carbons (Fsp3) is 0.812. The van der Waals surface area contributed by atoms with Gasteiger partial charge >= 0.3 is 13.6 Å². The third-order valence-electron chi connectivity index (χ3n) is 2.92. The summed E-state index contributed by atoms with van der Waals surface area (Å²) in [7, 11) is -3.24. The molecule has 0 saturated heterocycles. The number of carbonyl (C=O) groups is 2. The van der Waals surface area contributed by atoms with E-state index in [1.807, 2.05) is 27.7 Å². The molecule has 0 aliphatic carbocycles. The standard InChI is InChI=1S/C16H31N2O6PS2/c1-11(2)8-23-25(22,24-9-12(3)4)7-6-17-16(26)27-10-14(15(20)21)18-13(5)19/h11-12,14H,6-10H2,1-5H3,(H,17,26)(H,18,19)(H,20,21)/t14-/m0/s1. The van der Waals surface area contributed by atoms with E-state index in [0.717, 1.165) is 11.8 Å². The van der Waals surface area contributed by atoms with Gasteiger partial charge in [-0.2, -0.15) is 0 Å². The molecule has 3 N–H and O–H groups in total. The zero-order chi connectivity index (χ0) is 21.0. The van der Waals surface area contributed by atoms with Gasteiger partial charge in [-0.1, -0.05) is 51.7 Å². The van der Waals surface area contributed by atoms with E-state index in [1.54, 1.807) is 0 Å². The summed E-state index contributed by atoms with van der Waals surface area (Å²) in [6.45, 7) is 10.1. The first-order valence-electron chi connectivity index (χ1n) is 8.74. The molecule has 8 nitrogen and oxygen atoms in total. The van der Waals surface area contributed by atoms with E-state index in [0.29, 0.717) is 17.5 Å². The molecule has 0 fully saturated rings. The van der Waals surface area contributed by atoms with Gasteiger partial charge in [0.05, 0.1) is 19.4 Å². The molecule has 0 aliphatic rings. The molecule has 1 amide bonds. The molecule has 0 bridgehead atoms. The minimum absolute atomic E-state index is 0.0894. The Kier molecular flexibility index (Phi) is 13.2. The molecule has 0 aromatic carbocycles. The number of hydrogen-bond acceptors (Lipinski definition) is 7. The number of aliphatic carboxylic acids is 1. The number of carboxylic acids is 1.